The largest absolute Gasteiger partial charge is 0.381 e. The van der Waals surface area contributed by atoms with Crippen molar-refractivity contribution in [2.45, 2.75) is 83.1 Å². The highest BCUT2D eigenvalue weighted by Gasteiger charge is 2.47. The van der Waals surface area contributed by atoms with Gasteiger partial charge in [0, 0.05) is 24.8 Å². The molecule has 1 aliphatic rings. The highest BCUT2D eigenvalue weighted by Crippen LogP contribution is 2.41. The summed E-state index contributed by atoms with van der Waals surface area (Å²) >= 11 is 0. The molecular weight excluding hydrogens is 350 g/mol. The van der Waals surface area contributed by atoms with E-state index in [4.69, 9.17) is 14.3 Å². The molecule has 0 aliphatic carbocycles. The number of ether oxygens (including phenoxy) is 2. The van der Waals surface area contributed by atoms with E-state index in [-0.39, 0.29) is 23.3 Å². The van der Waals surface area contributed by atoms with Crippen LogP contribution >= 0.6 is 0 Å². The van der Waals surface area contributed by atoms with Gasteiger partial charge in [-0.25, -0.2) is 0 Å². The van der Waals surface area contributed by atoms with Crippen LogP contribution in [0.4, 0.5) is 0 Å². The first kappa shape index (κ1) is 23.1. The van der Waals surface area contributed by atoms with Crippen molar-refractivity contribution in [2.75, 3.05) is 20.3 Å². The van der Waals surface area contributed by atoms with Gasteiger partial charge in [0.15, 0.2) is 0 Å². The lowest BCUT2D eigenvalue weighted by Crippen LogP contribution is -2.62. The van der Waals surface area contributed by atoms with E-state index in [9.17, 15) is 0 Å². The average molecular weight is 390 g/mol. The smallest absolute Gasteiger partial charge is 0.128 e. The molecule has 1 saturated heterocycles. The molecule has 1 aromatic carbocycles. The lowest BCUT2D eigenvalue weighted by Gasteiger charge is -2.54. The molecule has 2 rings (SSSR count). The van der Waals surface area contributed by atoms with E-state index < -0.39 is 0 Å². The summed E-state index contributed by atoms with van der Waals surface area (Å²) in [4.78, 5) is 6.67. The number of benzene rings is 1. The van der Waals surface area contributed by atoms with Crippen molar-refractivity contribution in [2.24, 2.45) is 0 Å². The van der Waals surface area contributed by atoms with Crippen LogP contribution < -0.4 is 0 Å². The average Bonchev–Trinajstić information content (AvgIpc) is 2.65. The Hall–Kier alpha value is -1.20. The number of unbranched alkanes of at least 4 members (excludes halogenated alkanes) is 2. The zero-order valence-electron chi connectivity index (χ0n) is 18.4. The van der Waals surface area contributed by atoms with E-state index >= 15 is 0 Å². The fourth-order valence-electron chi connectivity index (χ4n) is 4.29. The second-order valence-electron chi connectivity index (χ2n) is 9.05. The fraction of sp³-hybridized carbons (Fsp3) is 0.667. The van der Waals surface area contributed by atoms with Gasteiger partial charge in [0.05, 0.1) is 12.7 Å². The Morgan fingerprint density at radius 1 is 1.11 bits per heavy atom. The van der Waals surface area contributed by atoms with Gasteiger partial charge in [0.25, 0.3) is 0 Å². The van der Waals surface area contributed by atoms with Crippen LogP contribution in [0.2, 0.25) is 0 Å². The highest BCUT2D eigenvalue weighted by molar-refractivity contribution is 5.17. The third-order valence-electron chi connectivity index (χ3n) is 5.51. The van der Waals surface area contributed by atoms with E-state index in [1.807, 2.05) is 12.1 Å². The van der Waals surface area contributed by atoms with Crippen LogP contribution in [0, 0.1) is 0 Å². The maximum absolute atomic E-state index is 6.67. The van der Waals surface area contributed by atoms with Gasteiger partial charge in [0.2, 0.25) is 0 Å². The van der Waals surface area contributed by atoms with E-state index in [1.54, 1.807) is 7.11 Å². The van der Waals surface area contributed by atoms with Crippen molar-refractivity contribution in [1.82, 2.24) is 5.06 Å². The molecular formula is C24H39NO3. The minimum atomic E-state index is -0.127. The first-order valence-electron chi connectivity index (χ1n) is 10.5. The van der Waals surface area contributed by atoms with Crippen molar-refractivity contribution in [3.05, 3.63) is 48.6 Å². The number of rotatable bonds is 11. The third kappa shape index (κ3) is 6.41. The molecule has 0 spiro atoms. The van der Waals surface area contributed by atoms with Crippen LogP contribution in [0.15, 0.2) is 43.0 Å². The predicted molar refractivity (Wildman–Crippen MR) is 115 cm³/mol. The Kier molecular flexibility index (Phi) is 8.69. The maximum atomic E-state index is 6.67. The fourth-order valence-corrected chi connectivity index (χ4v) is 4.29. The van der Waals surface area contributed by atoms with Gasteiger partial charge in [-0.05, 0) is 65.4 Å². The standard InChI is InChI=1S/C24H39NO3/c1-7-8-9-13-16-27-19-22(20-14-11-10-12-15-20)28-25-23(2,3)17-21(26-6)18-24(25,4)5/h7,10-12,14-15,21-22H,1,8-9,13,16-19H2,2-6H3. The quantitative estimate of drug-likeness (QED) is 0.359. The monoisotopic (exact) mass is 389 g/mol. The maximum Gasteiger partial charge on any atom is 0.128 e. The van der Waals surface area contributed by atoms with E-state index in [0.717, 1.165) is 44.3 Å². The van der Waals surface area contributed by atoms with Crippen LogP contribution in [0.1, 0.15) is 71.5 Å². The predicted octanol–water partition coefficient (Wildman–Crippen LogP) is 5.70. The van der Waals surface area contributed by atoms with Gasteiger partial charge in [-0.15, -0.1) is 6.58 Å². The Balaban J connectivity index is 2.09. The van der Waals surface area contributed by atoms with E-state index in [0.29, 0.717) is 6.61 Å². The number of piperidine rings is 1. The molecule has 0 amide bonds. The second-order valence-corrected chi connectivity index (χ2v) is 9.05. The summed E-state index contributed by atoms with van der Waals surface area (Å²) in [6, 6.07) is 10.4. The van der Waals surface area contributed by atoms with Gasteiger partial charge >= 0.3 is 0 Å². The summed E-state index contributed by atoms with van der Waals surface area (Å²) in [5.41, 5.74) is 0.896. The Labute approximate surface area is 171 Å². The summed E-state index contributed by atoms with van der Waals surface area (Å²) in [5, 5.41) is 2.19. The number of hydrogen-bond donors (Lipinski definition) is 0. The molecule has 0 saturated carbocycles. The molecule has 4 nitrogen and oxygen atoms in total. The number of hydroxylamine groups is 2. The van der Waals surface area contributed by atoms with Crippen molar-refractivity contribution in [3.8, 4) is 0 Å². The zero-order chi connectivity index (χ0) is 20.6. The molecule has 0 radical (unpaired) electrons. The number of methoxy groups -OCH3 is 1. The van der Waals surface area contributed by atoms with Gasteiger partial charge in [0.1, 0.15) is 6.10 Å². The zero-order valence-corrected chi connectivity index (χ0v) is 18.4. The molecule has 1 heterocycles. The molecule has 0 aromatic heterocycles. The van der Waals surface area contributed by atoms with Gasteiger partial charge in [-0.3, -0.25) is 4.84 Å². The molecule has 1 aliphatic heterocycles. The molecule has 1 unspecified atom stereocenters. The number of allylic oxidation sites excluding steroid dienone is 1. The molecule has 28 heavy (non-hydrogen) atoms. The van der Waals surface area contributed by atoms with Crippen LogP contribution in [0.3, 0.4) is 0 Å². The van der Waals surface area contributed by atoms with Crippen LogP contribution in [0.5, 0.6) is 0 Å². The second kappa shape index (κ2) is 10.5. The molecule has 4 heteroatoms. The third-order valence-corrected chi connectivity index (χ3v) is 5.51. The summed E-state index contributed by atoms with van der Waals surface area (Å²) in [5.74, 6) is 0. The Morgan fingerprint density at radius 3 is 2.32 bits per heavy atom. The lowest BCUT2D eigenvalue weighted by molar-refractivity contribution is -0.322. The first-order chi connectivity index (χ1) is 13.3. The van der Waals surface area contributed by atoms with Gasteiger partial charge < -0.3 is 9.47 Å². The van der Waals surface area contributed by atoms with Gasteiger partial charge in [-0.1, -0.05) is 36.4 Å². The molecule has 0 bridgehead atoms. The van der Waals surface area contributed by atoms with Crippen molar-refractivity contribution < 1.29 is 14.3 Å². The van der Waals surface area contributed by atoms with Crippen molar-refractivity contribution >= 4 is 0 Å². The van der Waals surface area contributed by atoms with Crippen LogP contribution in [-0.2, 0) is 14.3 Å². The first-order valence-corrected chi connectivity index (χ1v) is 10.5. The normalized spacial score (nSPS) is 20.8. The highest BCUT2D eigenvalue weighted by atomic mass is 16.7. The molecule has 158 valence electrons. The number of nitrogens with zero attached hydrogens (tertiary/aromatic N) is 1. The van der Waals surface area contributed by atoms with Crippen LogP contribution in [-0.4, -0.2) is 42.6 Å². The SMILES string of the molecule is C=CCCCCOCC(ON1C(C)(C)CC(OC)CC1(C)C)c1ccccc1. The van der Waals surface area contributed by atoms with E-state index in [1.165, 1.54) is 0 Å². The van der Waals surface area contributed by atoms with E-state index in [2.05, 4.69) is 63.6 Å². The summed E-state index contributed by atoms with van der Waals surface area (Å²) in [6.45, 7) is 14.0. The Bertz CT molecular complexity index is 567. The summed E-state index contributed by atoms with van der Waals surface area (Å²) < 4.78 is 11.7. The topological polar surface area (TPSA) is 30.9 Å². The molecule has 1 fully saturated rings. The minimum Gasteiger partial charge on any atom is -0.381 e. The Morgan fingerprint density at radius 2 is 1.75 bits per heavy atom. The lowest BCUT2D eigenvalue weighted by atomic mass is 9.80. The van der Waals surface area contributed by atoms with Crippen molar-refractivity contribution in [1.29, 1.82) is 0 Å². The minimum absolute atomic E-state index is 0.126. The molecule has 1 aromatic rings. The molecule has 0 N–H and O–H groups in total. The van der Waals surface area contributed by atoms with Gasteiger partial charge in [-0.2, -0.15) is 5.06 Å². The van der Waals surface area contributed by atoms with Crippen molar-refractivity contribution in [3.63, 3.8) is 0 Å². The molecule has 1 atom stereocenters. The summed E-state index contributed by atoms with van der Waals surface area (Å²) in [6.07, 6.45) is 7.17. The number of hydrogen-bond acceptors (Lipinski definition) is 4. The van der Waals surface area contributed by atoms with Crippen LogP contribution in [0.25, 0.3) is 0 Å². The summed E-state index contributed by atoms with van der Waals surface area (Å²) in [7, 11) is 1.81.